The van der Waals surface area contributed by atoms with Gasteiger partial charge < -0.3 is 4.74 Å². The Kier molecular flexibility index (Phi) is 3.39. The van der Waals surface area contributed by atoms with Crippen LogP contribution in [0.1, 0.15) is 17.4 Å². The zero-order valence-electron chi connectivity index (χ0n) is 9.11. The molecule has 2 aromatic heterocycles. The quantitative estimate of drug-likeness (QED) is 0.671. The summed E-state index contributed by atoms with van der Waals surface area (Å²) in [6.07, 6.45) is 1.58. The Morgan fingerprint density at radius 3 is 3.06 bits per heavy atom. The van der Waals surface area contributed by atoms with Crippen LogP contribution in [0.2, 0.25) is 5.15 Å². The fraction of sp³-hybridized carbons (Fsp3) is 0.182. The number of nitrogens with one attached hydrogen (secondary N) is 1. The summed E-state index contributed by atoms with van der Waals surface area (Å²) in [5.41, 5.74) is 1.73. The third-order valence-electron chi connectivity index (χ3n) is 2.10. The summed E-state index contributed by atoms with van der Waals surface area (Å²) in [4.78, 5) is 15.3. The average Bonchev–Trinajstić information content (AvgIpc) is 2.78. The van der Waals surface area contributed by atoms with Gasteiger partial charge in [-0.05, 0) is 25.1 Å². The highest BCUT2D eigenvalue weighted by Gasteiger charge is 2.11. The van der Waals surface area contributed by atoms with Gasteiger partial charge in [0.25, 0.3) is 0 Å². The second-order valence-electron chi connectivity index (χ2n) is 3.25. The smallest absolute Gasteiger partial charge is 0.356 e. The molecule has 17 heavy (non-hydrogen) atoms. The van der Waals surface area contributed by atoms with E-state index in [0.717, 1.165) is 5.56 Å². The van der Waals surface area contributed by atoms with Gasteiger partial charge in [0.1, 0.15) is 10.8 Å². The van der Waals surface area contributed by atoms with Crippen LogP contribution in [0, 0.1) is 0 Å². The van der Waals surface area contributed by atoms with E-state index in [1.807, 2.05) is 0 Å². The predicted molar refractivity (Wildman–Crippen MR) is 62.8 cm³/mol. The molecule has 1 N–H and O–H groups in total. The predicted octanol–water partition coefficient (Wildman–Crippen LogP) is 2.30. The zero-order valence-corrected chi connectivity index (χ0v) is 9.86. The summed E-state index contributed by atoms with van der Waals surface area (Å²) in [5.74, 6) is -0.425. The molecule has 0 fully saturated rings. The van der Waals surface area contributed by atoms with Crippen LogP contribution in [-0.4, -0.2) is 27.8 Å². The largest absolute Gasteiger partial charge is 0.461 e. The van der Waals surface area contributed by atoms with E-state index in [0.29, 0.717) is 23.1 Å². The van der Waals surface area contributed by atoms with Crippen LogP contribution in [-0.2, 0) is 4.74 Å². The van der Waals surface area contributed by atoms with Crippen LogP contribution >= 0.6 is 11.6 Å². The molecule has 6 heteroatoms. The standard InChI is InChI=1S/C11H10ClN3O2/c1-2-17-11(16)9-6-8(14-15-9)7-3-4-13-10(12)5-7/h3-6H,2H2,1H3,(H,14,15). The van der Waals surface area contributed by atoms with Crippen molar-refractivity contribution in [3.63, 3.8) is 0 Å². The first kappa shape index (κ1) is 11.6. The molecule has 0 bridgehead atoms. The van der Waals surface area contributed by atoms with Crippen molar-refractivity contribution in [1.82, 2.24) is 15.2 Å². The Morgan fingerprint density at radius 2 is 2.35 bits per heavy atom. The van der Waals surface area contributed by atoms with Crippen LogP contribution in [0.4, 0.5) is 0 Å². The van der Waals surface area contributed by atoms with Gasteiger partial charge in [-0.2, -0.15) is 5.10 Å². The molecule has 2 heterocycles. The van der Waals surface area contributed by atoms with Gasteiger partial charge >= 0.3 is 5.97 Å². The van der Waals surface area contributed by atoms with Crippen LogP contribution in [0.3, 0.4) is 0 Å². The van der Waals surface area contributed by atoms with Gasteiger partial charge in [0, 0.05) is 11.8 Å². The maximum absolute atomic E-state index is 11.4. The number of aromatic amines is 1. The molecule has 0 spiro atoms. The number of esters is 1. The fourth-order valence-corrected chi connectivity index (χ4v) is 1.52. The second kappa shape index (κ2) is 4.97. The maximum Gasteiger partial charge on any atom is 0.356 e. The van der Waals surface area contributed by atoms with E-state index in [1.165, 1.54) is 0 Å². The highest BCUT2D eigenvalue weighted by Crippen LogP contribution is 2.19. The molecule has 88 valence electrons. The van der Waals surface area contributed by atoms with Crippen molar-refractivity contribution in [1.29, 1.82) is 0 Å². The molecule has 0 aliphatic carbocycles. The normalized spacial score (nSPS) is 10.2. The first-order valence-corrected chi connectivity index (χ1v) is 5.43. The third kappa shape index (κ3) is 2.62. The number of pyridine rings is 1. The van der Waals surface area contributed by atoms with E-state index >= 15 is 0 Å². The fourth-order valence-electron chi connectivity index (χ4n) is 1.34. The first-order chi connectivity index (χ1) is 8.20. The molecule has 0 saturated carbocycles. The van der Waals surface area contributed by atoms with Gasteiger partial charge in [-0.15, -0.1) is 0 Å². The molecule has 0 aliphatic heterocycles. The summed E-state index contributed by atoms with van der Waals surface area (Å²) >= 11 is 5.77. The van der Waals surface area contributed by atoms with Crippen molar-refractivity contribution in [2.45, 2.75) is 6.92 Å². The monoisotopic (exact) mass is 251 g/mol. The number of hydrogen-bond donors (Lipinski definition) is 1. The highest BCUT2D eigenvalue weighted by atomic mass is 35.5. The van der Waals surface area contributed by atoms with Crippen molar-refractivity contribution in [2.75, 3.05) is 6.61 Å². The van der Waals surface area contributed by atoms with Gasteiger partial charge in [0.05, 0.1) is 12.3 Å². The minimum absolute atomic E-state index is 0.315. The van der Waals surface area contributed by atoms with E-state index in [-0.39, 0.29) is 0 Å². The number of rotatable bonds is 3. The van der Waals surface area contributed by atoms with E-state index in [4.69, 9.17) is 16.3 Å². The average molecular weight is 252 g/mol. The SMILES string of the molecule is CCOC(=O)c1cc(-c2ccnc(Cl)c2)n[nH]1. The summed E-state index contributed by atoms with van der Waals surface area (Å²) in [6, 6.07) is 5.05. The molecule has 2 aromatic rings. The topological polar surface area (TPSA) is 67.9 Å². The van der Waals surface area contributed by atoms with Crippen LogP contribution in [0.5, 0.6) is 0 Å². The Balaban J connectivity index is 2.27. The molecule has 0 atom stereocenters. The number of ether oxygens (including phenoxy) is 1. The molecule has 0 amide bonds. The number of aromatic nitrogens is 3. The Bertz CT molecular complexity index is 539. The van der Waals surface area contributed by atoms with Gasteiger partial charge in [-0.1, -0.05) is 11.6 Å². The van der Waals surface area contributed by atoms with E-state index in [2.05, 4.69) is 15.2 Å². The van der Waals surface area contributed by atoms with Gasteiger partial charge in [0.2, 0.25) is 0 Å². The molecule has 5 nitrogen and oxygen atoms in total. The molecule has 0 aromatic carbocycles. The number of carbonyl (C=O) groups is 1. The lowest BCUT2D eigenvalue weighted by Crippen LogP contribution is -2.04. The lowest BCUT2D eigenvalue weighted by molar-refractivity contribution is 0.0519. The number of hydrogen-bond acceptors (Lipinski definition) is 4. The first-order valence-electron chi connectivity index (χ1n) is 5.05. The third-order valence-corrected chi connectivity index (χ3v) is 2.30. The van der Waals surface area contributed by atoms with E-state index in [9.17, 15) is 4.79 Å². The number of carbonyl (C=O) groups excluding carboxylic acids is 1. The molecule has 2 rings (SSSR count). The number of nitrogens with zero attached hydrogens (tertiary/aromatic N) is 2. The van der Waals surface area contributed by atoms with Crippen LogP contribution in [0.15, 0.2) is 24.4 Å². The van der Waals surface area contributed by atoms with Gasteiger partial charge in [-0.25, -0.2) is 9.78 Å². The zero-order chi connectivity index (χ0) is 12.3. The Hall–Kier alpha value is -1.88. The number of halogens is 1. The maximum atomic E-state index is 11.4. The minimum Gasteiger partial charge on any atom is -0.461 e. The molecule has 0 radical (unpaired) electrons. The van der Waals surface area contributed by atoms with E-state index in [1.54, 1.807) is 31.3 Å². The number of H-pyrrole nitrogens is 1. The van der Waals surface area contributed by atoms with E-state index < -0.39 is 5.97 Å². The molecule has 0 unspecified atom stereocenters. The Labute approximate surface area is 103 Å². The van der Waals surface area contributed by atoms with Crippen LogP contribution in [0.25, 0.3) is 11.3 Å². The summed E-state index contributed by atoms with van der Waals surface area (Å²) < 4.78 is 4.85. The minimum atomic E-state index is -0.425. The molecule has 0 saturated heterocycles. The highest BCUT2D eigenvalue weighted by molar-refractivity contribution is 6.29. The van der Waals surface area contributed by atoms with Crippen molar-refractivity contribution < 1.29 is 9.53 Å². The summed E-state index contributed by atoms with van der Waals surface area (Å²) in [5, 5.41) is 7.02. The second-order valence-corrected chi connectivity index (χ2v) is 3.64. The van der Waals surface area contributed by atoms with Crippen molar-refractivity contribution in [2.24, 2.45) is 0 Å². The molecular formula is C11H10ClN3O2. The Morgan fingerprint density at radius 1 is 1.53 bits per heavy atom. The lowest BCUT2D eigenvalue weighted by Gasteiger charge is -1.96. The van der Waals surface area contributed by atoms with Gasteiger partial charge in [0.15, 0.2) is 0 Å². The lowest BCUT2D eigenvalue weighted by atomic mass is 10.2. The van der Waals surface area contributed by atoms with Crippen LogP contribution < -0.4 is 0 Å². The van der Waals surface area contributed by atoms with Gasteiger partial charge in [-0.3, -0.25) is 5.10 Å². The molecule has 0 aliphatic rings. The van der Waals surface area contributed by atoms with Crippen molar-refractivity contribution in [3.8, 4) is 11.3 Å². The summed E-state index contributed by atoms with van der Waals surface area (Å²) in [7, 11) is 0. The summed E-state index contributed by atoms with van der Waals surface area (Å²) in [6.45, 7) is 2.08. The van der Waals surface area contributed by atoms with Crippen molar-refractivity contribution >= 4 is 17.6 Å². The van der Waals surface area contributed by atoms with Crippen molar-refractivity contribution in [3.05, 3.63) is 35.2 Å². The molecular weight excluding hydrogens is 242 g/mol.